The third-order valence-electron chi connectivity index (χ3n) is 5.11. The Hall–Kier alpha value is -3.68. The van der Waals surface area contributed by atoms with E-state index in [0.717, 1.165) is 34.9 Å². The van der Waals surface area contributed by atoms with Crippen molar-refractivity contribution in [2.24, 2.45) is 5.92 Å². The van der Waals surface area contributed by atoms with Gasteiger partial charge in [0, 0.05) is 42.2 Å². The lowest BCUT2D eigenvalue weighted by atomic mass is 10.1. The van der Waals surface area contributed by atoms with Crippen LogP contribution in [0.2, 0.25) is 0 Å². The minimum Gasteiger partial charge on any atom is -0.494 e. The van der Waals surface area contributed by atoms with Crippen LogP contribution in [0.1, 0.15) is 19.8 Å². The fourth-order valence-corrected chi connectivity index (χ4v) is 3.43. The first-order valence-electron chi connectivity index (χ1n) is 9.97. The van der Waals surface area contributed by atoms with Gasteiger partial charge in [0.05, 0.1) is 12.2 Å². The lowest BCUT2D eigenvalue weighted by Gasteiger charge is -2.10. The molecule has 8 heteroatoms. The number of anilines is 2. The van der Waals surface area contributed by atoms with E-state index < -0.39 is 0 Å². The van der Waals surface area contributed by atoms with Crippen molar-refractivity contribution in [3.8, 4) is 17.2 Å². The predicted molar refractivity (Wildman–Crippen MR) is 115 cm³/mol. The van der Waals surface area contributed by atoms with E-state index in [-0.39, 0.29) is 11.8 Å². The molecule has 0 spiro atoms. The maximum Gasteiger partial charge on any atom is 0.229 e. The molecule has 0 radical (unpaired) electrons. The molecule has 152 valence electrons. The Morgan fingerprint density at radius 1 is 1.20 bits per heavy atom. The van der Waals surface area contributed by atoms with Crippen LogP contribution in [0.4, 0.5) is 11.6 Å². The van der Waals surface area contributed by atoms with E-state index in [9.17, 15) is 4.79 Å². The van der Waals surface area contributed by atoms with Crippen LogP contribution in [0.15, 0.2) is 41.1 Å². The fourth-order valence-electron chi connectivity index (χ4n) is 3.43. The number of pyridine rings is 2. The molecule has 1 aliphatic carbocycles. The molecule has 3 aromatic heterocycles. The highest BCUT2D eigenvalue weighted by Gasteiger charge is 2.30. The Bertz CT molecular complexity index is 1260. The van der Waals surface area contributed by atoms with E-state index >= 15 is 0 Å². The van der Waals surface area contributed by atoms with Crippen LogP contribution in [-0.4, -0.2) is 34.5 Å². The normalized spacial score (nSPS) is 13.5. The minimum absolute atomic E-state index is 0.0108. The zero-order valence-electron chi connectivity index (χ0n) is 16.7. The van der Waals surface area contributed by atoms with Gasteiger partial charge in [-0.25, -0.2) is 15.0 Å². The molecule has 0 unspecified atom stereocenters. The monoisotopic (exact) mass is 403 g/mol. The molecule has 4 aromatic rings. The first kappa shape index (κ1) is 18.4. The summed E-state index contributed by atoms with van der Waals surface area (Å²) >= 11 is 0. The van der Waals surface area contributed by atoms with Crippen LogP contribution >= 0.6 is 0 Å². The van der Waals surface area contributed by atoms with Gasteiger partial charge < -0.3 is 19.8 Å². The van der Waals surface area contributed by atoms with Crippen LogP contribution in [0.5, 0.6) is 5.75 Å². The van der Waals surface area contributed by atoms with Crippen LogP contribution in [0, 0.1) is 5.92 Å². The van der Waals surface area contributed by atoms with Gasteiger partial charge in [-0.1, -0.05) is 0 Å². The summed E-state index contributed by atoms with van der Waals surface area (Å²) in [6, 6.07) is 7.40. The molecule has 5 rings (SSSR count). The Morgan fingerprint density at radius 3 is 2.83 bits per heavy atom. The number of nitrogens with one attached hydrogen (secondary N) is 2. The Balaban J connectivity index is 1.61. The number of benzene rings is 1. The maximum atomic E-state index is 12.2. The molecule has 1 amide bonds. The molecular weight excluding hydrogens is 382 g/mol. The second-order valence-electron chi connectivity index (χ2n) is 7.23. The SMILES string of the molecule is CCOc1ccc2oc(-c3cnc(NC)c4cnc(NC(=O)C5CC5)cc34)nc2c1. The van der Waals surface area contributed by atoms with E-state index in [0.29, 0.717) is 35.2 Å². The minimum atomic E-state index is 0.0108. The zero-order chi connectivity index (χ0) is 20.7. The molecule has 2 N–H and O–H groups in total. The average Bonchev–Trinajstić information content (AvgIpc) is 3.53. The van der Waals surface area contributed by atoms with Crippen molar-refractivity contribution in [3.05, 3.63) is 36.7 Å². The smallest absolute Gasteiger partial charge is 0.229 e. The predicted octanol–water partition coefficient (Wildman–Crippen LogP) is 4.23. The van der Waals surface area contributed by atoms with E-state index in [1.54, 1.807) is 19.4 Å². The average molecular weight is 403 g/mol. The zero-order valence-corrected chi connectivity index (χ0v) is 16.7. The van der Waals surface area contributed by atoms with Gasteiger partial charge in [0.15, 0.2) is 5.58 Å². The third-order valence-corrected chi connectivity index (χ3v) is 5.11. The van der Waals surface area contributed by atoms with Crippen molar-refractivity contribution >= 4 is 39.4 Å². The summed E-state index contributed by atoms with van der Waals surface area (Å²) in [5, 5.41) is 7.64. The summed E-state index contributed by atoms with van der Waals surface area (Å²) < 4.78 is 11.6. The molecule has 8 nitrogen and oxygen atoms in total. The Kier molecular flexibility index (Phi) is 4.46. The van der Waals surface area contributed by atoms with Crippen LogP contribution in [0.25, 0.3) is 33.3 Å². The van der Waals surface area contributed by atoms with Gasteiger partial charge in [0.25, 0.3) is 0 Å². The molecule has 1 fully saturated rings. The molecule has 0 aliphatic heterocycles. The van der Waals surface area contributed by atoms with Crippen molar-refractivity contribution in [2.45, 2.75) is 19.8 Å². The second-order valence-corrected chi connectivity index (χ2v) is 7.23. The van der Waals surface area contributed by atoms with Crippen molar-refractivity contribution in [1.82, 2.24) is 15.0 Å². The topological polar surface area (TPSA) is 102 Å². The molecular formula is C22H21N5O3. The standard InChI is InChI=1S/C22H21N5O3/c1-3-29-13-6-7-18-17(8-13)26-22(30-18)16-11-25-20(23-2)15-10-24-19(9-14(15)16)27-21(28)12-4-5-12/h6-12H,3-5H2,1-2H3,(H,23,25)(H,24,27,28). The lowest BCUT2D eigenvalue weighted by molar-refractivity contribution is -0.117. The van der Waals surface area contributed by atoms with Crippen molar-refractivity contribution < 1.29 is 13.9 Å². The fraction of sp³-hybridized carbons (Fsp3) is 0.273. The molecule has 3 heterocycles. The van der Waals surface area contributed by atoms with Gasteiger partial charge in [-0.15, -0.1) is 0 Å². The van der Waals surface area contributed by atoms with Gasteiger partial charge in [-0.3, -0.25) is 4.79 Å². The van der Waals surface area contributed by atoms with Gasteiger partial charge >= 0.3 is 0 Å². The summed E-state index contributed by atoms with van der Waals surface area (Å²) in [6.45, 7) is 2.52. The lowest BCUT2D eigenvalue weighted by Crippen LogP contribution is -2.14. The quantitative estimate of drug-likeness (QED) is 0.497. The first-order valence-corrected chi connectivity index (χ1v) is 9.97. The largest absolute Gasteiger partial charge is 0.494 e. The summed E-state index contributed by atoms with van der Waals surface area (Å²) in [4.78, 5) is 25.7. The molecule has 0 saturated heterocycles. The van der Waals surface area contributed by atoms with Gasteiger partial charge in [0.1, 0.15) is 22.9 Å². The summed E-state index contributed by atoms with van der Waals surface area (Å²) in [5.41, 5.74) is 2.09. The van der Waals surface area contributed by atoms with E-state index in [1.807, 2.05) is 31.2 Å². The maximum absolute atomic E-state index is 12.2. The summed E-state index contributed by atoms with van der Waals surface area (Å²) in [5.74, 6) is 2.50. The van der Waals surface area contributed by atoms with Crippen LogP contribution in [0.3, 0.4) is 0 Å². The number of carbonyl (C=O) groups excluding carboxylic acids is 1. The number of hydrogen-bond donors (Lipinski definition) is 2. The number of amides is 1. The third kappa shape index (κ3) is 3.30. The Labute approximate surface area is 172 Å². The number of carbonyl (C=O) groups is 1. The number of oxazole rings is 1. The summed E-state index contributed by atoms with van der Waals surface area (Å²) in [7, 11) is 1.80. The highest BCUT2D eigenvalue weighted by molar-refractivity contribution is 6.03. The van der Waals surface area contributed by atoms with Gasteiger partial charge in [-0.2, -0.15) is 0 Å². The number of ether oxygens (including phenoxy) is 1. The van der Waals surface area contributed by atoms with Crippen LogP contribution in [-0.2, 0) is 4.79 Å². The number of hydrogen-bond acceptors (Lipinski definition) is 7. The number of nitrogens with zero attached hydrogens (tertiary/aromatic N) is 3. The van der Waals surface area contributed by atoms with Gasteiger partial charge in [-0.05, 0) is 38.0 Å². The molecule has 1 aliphatic rings. The Morgan fingerprint density at radius 2 is 2.07 bits per heavy atom. The first-order chi connectivity index (χ1) is 14.7. The molecule has 1 saturated carbocycles. The van der Waals surface area contributed by atoms with Crippen molar-refractivity contribution in [3.63, 3.8) is 0 Å². The number of fused-ring (bicyclic) bond motifs is 2. The van der Waals surface area contributed by atoms with Crippen molar-refractivity contribution in [2.75, 3.05) is 24.3 Å². The second kappa shape index (κ2) is 7.29. The molecule has 1 aromatic carbocycles. The summed E-state index contributed by atoms with van der Waals surface area (Å²) in [6.07, 6.45) is 5.29. The molecule has 30 heavy (non-hydrogen) atoms. The van der Waals surface area contributed by atoms with E-state index in [2.05, 4.69) is 25.6 Å². The van der Waals surface area contributed by atoms with Crippen molar-refractivity contribution in [1.29, 1.82) is 0 Å². The van der Waals surface area contributed by atoms with E-state index in [4.69, 9.17) is 9.15 Å². The van der Waals surface area contributed by atoms with E-state index in [1.165, 1.54) is 0 Å². The molecule has 0 atom stereocenters. The van der Waals surface area contributed by atoms with Crippen LogP contribution < -0.4 is 15.4 Å². The number of aromatic nitrogens is 3. The molecule has 0 bridgehead atoms. The number of rotatable bonds is 6. The van der Waals surface area contributed by atoms with Gasteiger partial charge in [0.2, 0.25) is 11.8 Å². The highest BCUT2D eigenvalue weighted by atomic mass is 16.5. The highest BCUT2D eigenvalue weighted by Crippen LogP contribution is 2.35.